The Labute approximate surface area is 186 Å². The third-order valence-corrected chi connectivity index (χ3v) is 4.81. The van der Waals surface area contributed by atoms with Gasteiger partial charge in [-0.25, -0.2) is 9.49 Å². The van der Waals surface area contributed by atoms with Gasteiger partial charge in [-0.05, 0) is 35.8 Å². The Kier molecular flexibility index (Phi) is 6.96. The van der Waals surface area contributed by atoms with E-state index >= 15 is 0 Å². The van der Waals surface area contributed by atoms with Crippen LogP contribution in [-0.4, -0.2) is 20.0 Å². The van der Waals surface area contributed by atoms with E-state index in [1.807, 2.05) is 6.07 Å². The first-order chi connectivity index (χ1) is 15.4. The summed E-state index contributed by atoms with van der Waals surface area (Å²) in [6.07, 6.45) is 5.35. The average Bonchev–Trinajstić information content (AvgIpc) is 3.17. The smallest absolute Gasteiger partial charge is 0.272 e. The van der Waals surface area contributed by atoms with Gasteiger partial charge in [0.1, 0.15) is 18.6 Å². The van der Waals surface area contributed by atoms with Crippen LogP contribution >= 0.6 is 11.6 Å². The molecule has 0 radical (unpaired) electrons. The molecule has 0 saturated heterocycles. The van der Waals surface area contributed by atoms with Crippen LogP contribution in [0.1, 0.15) is 11.4 Å². The first kappa shape index (κ1) is 22.6. The maximum atomic E-state index is 12.7. The van der Waals surface area contributed by atoms with E-state index in [1.165, 1.54) is 16.9 Å². The Hall–Kier alpha value is -4.05. The lowest BCUT2D eigenvalue weighted by Gasteiger charge is -2.07. The molecule has 1 aromatic carbocycles. The highest BCUT2D eigenvalue weighted by molar-refractivity contribution is 6.31. The first-order valence-corrected chi connectivity index (χ1v) is 9.46. The Morgan fingerprint density at radius 1 is 1.38 bits per heavy atom. The third kappa shape index (κ3) is 4.49. The van der Waals surface area contributed by atoms with Crippen molar-refractivity contribution < 1.29 is 8.78 Å². The Bertz CT molecular complexity index is 1450. The van der Waals surface area contributed by atoms with Crippen LogP contribution in [0.2, 0.25) is 0 Å². The molecule has 0 aliphatic heterocycles. The van der Waals surface area contributed by atoms with Crippen LogP contribution in [0.3, 0.4) is 0 Å². The molecule has 0 bridgehead atoms. The number of nitrogens with one attached hydrogen (secondary N) is 1. The lowest BCUT2D eigenvalue weighted by atomic mass is 9.99. The number of rotatable bonds is 5. The molecule has 0 fully saturated rings. The number of H-pyrrole nitrogens is 1. The summed E-state index contributed by atoms with van der Waals surface area (Å²) in [7, 11) is 1.65. The molecule has 0 aliphatic carbocycles. The van der Waals surface area contributed by atoms with Crippen LogP contribution in [0.25, 0.3) is 28.0 Å². The average molecular weight is 453 g/mol. The fourth-order valence-corrected chi connectivity index (χ4v) is 3.20. The summed E-state index contributed by atoms with van der Waals surface area (Å²) >= 11 is 5.65. The molecule has 0 amide bonds. The van der Waals surface area contributed by atoms with Gasteiger partial charge in [0.2, 0.25) is 0 Å². The number of fused-ring (bicyclic) bond motifs is 1. The predicted molar refractivity (Wildman–Crippen MR) is 118 cm³/mol. The van der Waals surface area contributed by atoms with Gasteiger partial charge < -0.3 is 5.73 Å². The minimum absolute atomic E-state index is 0.0541. The van der Waals surface area contributed by atoms with Crippen molar-refractivity contribution in [3.8, 4) is 29.3 Å². The number of allylic oxidation sites excluding steroid dienone is 4. The number of nitriles is 1. The number of nitrogens with two attached hydrogens (primary N) is 1. The van der Waals surface area contributed by atoms with E-state index < -0.39 is 0 Å². The second-order valence-electron chi connectivity index (χ2n) is 6.47. The molecular weight excluding hydrogens is 438 g/mol. The molecule has 32 heavy (non-hydrogen) atoms. The number of aromatic amines is 1. The predicted octanol–water partition coefficient (Wildman–Crippen LogP) is 3.60. The van der Waals surface area contributed by atoms with E-state index in [2.05, 4.69) is 21.2 Å². The maximum absolute atomic E-state index is 12.7. The first-order valence-electron chi connectivity index (χ1n) is 9.08. The second kappa shape index (κ2) is 9.84. The van der Waals surface area contributed by atoms with Crippen molar-refractivity contribution in [3.05, 3.63) is 74.7 Å². The lowest BCUT2D eigenvalue weighted by Crippen LogP contribution is -2.13. The van der Waals surface area contributed by atoms with Crippen LogP contribution < -0.4 is 11.3 Å². The zero-order chi connectivity index (χ0) is 23.3. The van der Waals surface area contributed by atoms with Gasteiger partial charge in [-0.15, -0.1) is 4.39 Å². The van der Waals surface area contributed by atoms with Crippen LogP contribution in [0.4, 0.5) is 8.78 Å². The summed E-state index contributed by atoms with van der Waals surface area (Å²) in [6.45, 7) is 0.119. The van der Waals surface area contributed by atoms with Crippen molar-refractivity contribution in [1.29, 1.82) is 5.26 Å². The van der Waals surface area contributed by atoms with Crippen LogP contribution in [0.15, 0.2) is 57.8 Å². The second-order valence-corrected chi connectivity index (χ2v) is 6.91. The fourth-order valence-electron chi connectivity index (χ4n) is 3.09. The van der Waals surface area contributed by atoms with Gasteiger partial charge in [0.05, 0.1) is 33.6 Å². The van der Waals surface area contributed by atoms with Gasteiger partial charge in [-0.2, -0.15) is 15.5 Å². The number of benzene rings is 1. The minimum Gasteiger partial charge on any atom is -0.325 e. The van der Waals surface area contributed by atoms with Crippen LogP contribution in [-0.2, 0) is 13.6 Å². The fraction of sp³-hybridized carbons (Fsp3) is 0.0909. The summed E-state index contributed by atoms with van der Waals surface area (Å²) in [5.74, 6) is 2.11. The van der Waals surface area contributed by atoms with Crippen molar-refractivity contribution >= 4 is 28.4 Å². The largest absolute Gasteiger partial charge is 0.325 e. The van der Waals surface area contributed by atoms with E-state index in [-0.39, 0.29) is 34.6 Å². The molecule has 10 heteroatoms. The van der Waals surface area contributed by atoms with Crippen molar-refractivity contribution in [3.63, 3.8) is 0 Å². The van der Waals surface area contributed by atoms with E-state index in [4.69, 9.17) is 17.3 Å². The van der Waals surface area contributed by atoms with E-state index in [0.717, 1.165) is 6.08 Å². The van der Waals surface area contributed by atoms with Gasteiger partial charge >= 0.3 is 0 Å². The molecule has 2 heterocycles. The molecule has 3 N–H and O–H groups in total. The summed E-state index contributed by atoms with van der Waals surface area (Å²) in [5, 5.41) is 20.9. The number of nitrogens with zero attached hydrogens (tertiary/aromatic N) is 4. The Morgan fingerprint density at radius 2 is 2.16 bits per heavy atom. The van der Waals surface area contributed by atoms with Gasteiger partial charge in [0, 0.05) is 30.1 Å². The summed E-state index contributed by atoms with van der Waals surface area (Å²) in [4.78, 5) is 12.1. The molecule has 0 saturated carbocycles. The van der Waals surface area contributed by atoms with E-state index in [9.17, 15) is 18.8 Å². The van der Waals surface area contributed by atoms with E-state index in [1.54, 1.807) is 31.4 Å². The van der Waals surface area contributed by atoms with Crippen LogP contribution in [0, 0.1) is 23.4 Å². The number of aromatic nitrogens is 4. The zero-order valence-corrected chi connectivity index (χ0v) is 17.4. The molecule has 0 aliphatic rings. The number of halogens is 3. The molecule has 2 aromatic heterocycles. The number of hydrogen-bond donors (Lipinski definition) is 2. The topological polar surface area (TPSA) is 113 Å². The summed E-state index contributed by atoms with van der Waals surface area (Å²) in [6, 6.07) is 7.03. The highest BCUT2D eigenvalue weighted by atomic mass is 35.5. The molecule has 7 nitrogen and oxygen atoms in total. The van der Waals surface area contributed by atoms with Gasteiger partial charge in [0.25, 0.3) is 5.56 Å². The standard InChI is InChI=1S/C22H15ClF2N6O/c1-31-21(8-15(10-26)13(4-5-24)6-16(23)9-25)19(12-28-31)14-2-3-17-18(7-14)20(11-27)29-30-22(17)32/h2-3,6-9,12H,11,27H2,1H3,(H,30,32)/b13-6-,15-8+,16-9-. The molecule has 3 aromatic rings. The summed E-state index contributed by atoms with van der Waals surface area (Å²) in [5.41, 5.74) is 7.53. The van der Waals surface area contributed by atoms with Crippen LogP contribution in [0.5, 0.6) is 0 Å². The highest BCUT2D eigenvalue weighted by Gasteiger charge is 2.14. The number of hydrogen-bond acceptors (Lipinski definition) is 5. The third-order valence-electron chi connectivity index (χ3n) is 4.62. The highest BCUT2D eigenvalue weighted by Crippen LogP contribution is 2.29. The normalized spacial score (nSPS) is 12.4. The zero-order valence-electron chi connectivity index (χ0n) is 16.7. The molecule has 0 unspecified atom stereocenters. The number of aryl methyl sites for hydroxylation is 1. The quantitative estimate of drug-likeness (QED) is 0.349. The minimum atomic E-state index is -0.351. The van der Waals surface area contributed by atoms with Gasteiger partial charge in [0.15, 0.2) is 0 Å². The Balaban J connectivity index is 2.22. The van der Waals surface area contributed by atoms with Crippen molar-refractivity contribution in [2.75, 3.05) is 0 Å². The van der Waals surface area contributed by atoms with Gasteiger partial charge in [-0.3, -0.25) is 9.48 Å². The molecular formula is C22H15ClF2N6O. The summed E-state index contributed by atoms with van der Waals surface area (Å²) < 4.78 is 26.9. The Morgan fingerprint density at radius 3 is 2.81 bits per heavy atom. The monoisotopic (exact) mass is 452 g/mol. The van der Waals surface area contributed by atoms with Gasteiger partial charge in [-0.1, -0.05) is 17.7 Å². The van der Waals surface area contributed by atoms with E-state index in [0.29, 0.717) is 33.3 Å². The molecule has 160 valence electrons. The SMILES string of the molecule is Cn1ncc(-c2ccc3c(=O)[nH]nc(CN)c3c2)c1/C=C(C#N)/C(C#CF)=C\C(Cl)=C\F. The van der Waals surface area contributed by atoms with Crippen molar-refractivity contribution in [2.24, 2.45) is 12.8 Å². The molecule has 0 atom stereocenters. The molecule has 0 spiro atoms. The van der Waals surface area contributed by atoms with Crippen molar-refractivity contribution in [1.82, 2.24) is 20.0 Å². The molecule has 3 rings (SSSR count). The lowest BCUT2D eigenvalue weighted by molar-refractivity contribution is 0.719. The maximum Gasteiger partial charge on any atom is 0.272 e. The van der Waals surface area contributed by atoms with Crippen molar-refractivity contribution in [2.45, 2.75) is 6.54 Å².